The number of halogens is 2. The fraction of sp³-hybridized carbons (Fsp3) is 0.500. The first-order valence-corrected chi connectivity index (χ1v) is 7.82. The molecule has 1 aromatic carbocycles. The Labute approximate surface area is 132 Å². The molecule has 0 radical (unpaired) electrons. The molecule has 0 bridgehead atoms. The molecule has 0 N–H and O–H groups in total. The number of anilines is 1. The van der Waals surface area contributed by atoms with Gasteiger partial charge in [0.25, 0.3) is 0 Å². The van der Waals surface area contributed by atoms with Crippen LogP contribution in [0.3, 0.4) is 0 Å². The smallest absolute Gasteiger partial charge is 0.0992 e. The van der Waals surface area contributed by atoms with Crippen molar-refractivity contribution < 1.29 is 4.74 Å². The summed E-state index contributed by atoms with van der Waals surface area (Å²) < 4.78 is 6.03. The van der Waals surface area contributed by atoms with E-state index in [1.54, 1.807) is 6.07 Å². The lowest BCUT2D eigenvalue weighted by Gasteiger charge is -2.43. The minimum Gasteiger partial charge on any atom is -0.378 e. The van der Waals surface area contributed by atoms with Crippen molar-refractivity contribution in [2.45, 2.75) is 6.04 Å². The Hall–Kier alpha value is -0.800. The maximum absolute atomic E-state index is 9.08. The number of hydrogen-bond acceptors (Lipinski definition) is 4. The van der Waals surface area contributed by atoms with Gasteiger partial charge in [0.05, 0.1) is 41.6 Å². The Morgan fingerprint density at radius 2 is 1.95 bits per heavy atom. The Morgan fingerprint density at radius 1 is 1.25 bits per heavy atom. The molecule has 2 heterocycles. The van der Waals surface area contributed by atoms with Crippen LogP contribution in [0.1, 0.15) is 5.56 Å². The second-order valence-electron chi connectivity index (χ2n) is 5.12. The van der Waals surface area contributed by atoms with Crippen LogP contribution in [0.25, 0.3) is 0 Å². The topological polar surface area (TPSA) is 39.5 Å². The van der Waals surface area contributed by atoms with Gasteiger partial charge in [-0.05, 0) is 28.1 Å². The fourth-order valence-corrected chi connectivity index (χ4v) is 3.31. The number of nitriles is 1. The zero-order valence-electron chi connectivity index (χ0n) is 11.0. The number of hydrogen-bond donors (Lipinski definition) is 0. The first kappa shape index (κ1) is 14.2. The molecular weight excluding hydrogens is 342 g/mol. The molecular formula is C14H15BrClN3O. The van der Waals surface area contributed by atoms with Crippen LogP contribution in [0.15, 0.2) is 16.6 Å². The van der Waals surface area contributed by atoms with Crippen molar-refractivity contribution in [3.05, 3.63) is 27.2 Å². The molecule has 0 amide bonds. The minimum absolute atomic E-state index is 0.588. The second-order valence-corrected chi connectivity index (χ2v) is 6.35. The van der Waals surface area contributed by atoms with E-state index >= 15 is 0 Å². The van der Waals surface area contributed by atoms with Crippen molar-refractivity contribution in [2.75, 3.05) is 44.3 Å². The average Bonchev–Trinajstić information content (AvgIpc) is 2.41. The molecule has 0 aliphatic carbocycles. The fourth-order valence-electron chi connectivity index (χ4n) is 2.63. The lowest BCUT2D eigenvalue weighted by atomic mass is 10.1. The van der Waals surface area contributed by atoms with Crippen LogP contribution < -0.4 is 4.90 Å². The van der Waals surface area contributed by atoms with E-state index in [-0.39, 0.29) is 0 Å². The van der Waals surface area contributed by atoms with E-state index in [2.05, 4.69) is 31.8 Å². The van der Waals surface area contributed by atoms with Gasteiger partial charge in [-0.1, -0.05) is 11.6 Å². The number of nitrogens with zero attached hydrogens (tertiary/aromatic N) is 3. The number of rotatable bonds is 2. The minimum atomic E-state index is 0.588. The summed E-state index contributed by atoms with van der Waals surface area (Å²) in [6, 6.07) is 6.39. The predicted molar refractivity (Wildman–Crippen MR) is 82.3 cm³/mol. The molecule has 3 rings (SSSR count). The van der Waals surface area contributed by atoms with E-state index in [9.17, 15) is 0 Å². The van der Waals surface area contributed by atoms with Crippen molar-refractivity contribution in [3.63, 3.8) is 0 Å². The van der Waals surface area contributed by atoms with Crippen molar-refractivity contribution in [1.29, 1.82) is 5.26 Å². The molecule has 4 nitrogen and oxygen atoms in total. The normalized spacial score (nSPS) is 20.6. The monoisotopic (exact) mass is 355 g/mol. The first-order valence-electron chi connectivity index (χ1n) is 6.65. The molecule has 6 heteroatoms. The highest BCUT2D eigenvalue weighted by Crippen LogP contribution is 2.35. The third-order valence-electron chi connectivity index (χ3n) is 3.93. The van der Waals surface area contributed by atoms with Crippen molar-refractivity contribution in [1.82, 2.24) is 4.90 Å². The Morgan fingerprint density at radius 3 is 2.50 bits per heavy atom. The largest absolute Gasteiger partial charge is 0.378 e. The molecule has 1 aromatic rings. The van der Waals surface area contributed by atoms with Crippen LogP contribution in [-0.4, -0.2) is 50.3 Å². The molecule has 2 saturated heterocycles. The van der Waals surface area contributed by atoms with Crippen molar-refractivity contribution in [3.8, 4) is 6.07 Å². The van der Waals surface area contributed by atoms with Gasteiger partial charge in [0, 0.05) is 30.7 Å². The highest BCUT2D eigenvalue weighted by Gasteiger charge is 2.29. The summed E-state index contributed by atoms with van der Waals surface area (Å²) in [7, 11) is 0. The van der Waals surface area contributed by atoms with E-state index in [1.807, 2.05) is 6.07 Å². The van der Waals surface area contributed by atoms with Crippen LogP contribution in [0.4, 0.5) is 5.69 Å². The molecule has 2 aliphatic rings. The summed E-state index contributed by atoms with van der Waals surface area (Å²) in [5.74, 6) is 0. The summed E-state index contributed by atoms with van der Waals surface area (Å²) in [5.41, 5.74) is 1.58. The van der Waals surface area contributed by atoms with Gasteiger partial charge in [-0.25, -0.2) is 0 Å². The zero-order chi connectivity index (χ0) is 14.1. The summed E-state index contributed by atoms with van der Waals surface area (Å²) in [6.45, 7) is 5.60. The van der Waals surface area contributed by atoms with Gasteiger partial charge in [-0.15, -0.1) is 0 Å². The number of piperazine rings is 1. The molecule has 0 spiro atoms. The van der Waals surface area contributed by atoms with Crippen LogP contribution >= 0.6 is 27.5 Å². The van der Waals surface area contributed by atoms with Gasteiger partial charge in [0.1, 0.15) is 0 Å². The molecule has 2 aliphatic heterocycles. The molecule has 0 aromatic heterocycles. The first-order chi connectivity index (χ1) is 9.69. The maximum Gasteiger partial charge on any atom is 0.0992 e. The summed E-state index contributed by atoms with van der Waals surface area (Å²) >= 11 is 9.78. The van der Waals surface area contributed by atoms with Gasteiger partial charge in [0.15, 0.2) is 0 Å². The maximum atomic E-state index is 9.08. The zero-order valence-corrected chi connectivity index (χ0v) is 13.3. The predicted octanol–water partition coefficient (Wildman–Crippen LogP) is 2.49. The molecule has 0 unspecified atom stereocenters. The van der Waals surface area contributed by atoms with Crippen molar-refractivity contribution >= 4 is 33.2 Å². The number of ether oxygens (including phenoxy) is 1. The lowest BCUT2D eigenvalue weighted by molar-refractivity contribution is -0.0660. The third kappa shape index (κ3) is 2.66. The van der Waals surface area contributed by atoms with Crippen LogP contribution in [0, 0.1) is 11.3 Å². The Balaban J connectivity index is 1.74. The van der Waals surface area contributed by atoms with E-state index in [4.69, 9.17) is 21.6 Å². The highest BCUT2D eigenvalue weighted by molar-refractivity contribution is 9.10. The van der Waals surface area contributed by atoms with Crippen LogP contribution in [0.2, 0.25) is 5.02 Å². The quantitative estimate of drug-likeness (QED) is 0.816. The van der Waals surface area contributed by atoms with Gasteiger partial charge < -0.3 is 9.64 Å². The van der Waals surface area contributed by atoms with E-state index in [0.717, 1.165) is 49.6 Å². The van der Waals surface area contributed by atoms with E-state index in [1.165, 1.54) is 0 Å². The third-order valence-corrected chi connectivity index (χ3v) is 5.18. The van der Waals surface area contributed by atoms with Crippen molar-refractivity contribution in [2.24, 2.45) is 0 Å². The van der Waals surface area contributed by atoms with Crippen LogP contribution in [0.5, 0.6) is 0 Å². The number of benzene rings is 1. The molecule has 0 saturated carbocycles. The summed E-state index contributed by atoms with van der Waals surface area (Å²) in [6.07, 6.45) is 0. The Kier molecular flexibility index (Phi) is 4.18. The SMILES string of the molecule is N#Cc1cc(Br)c(Cl)c(N2CCN(C3COC3)CC2)c1. The van der Waals surface area contributed by atoms with Gasteiger partial charge in [-0.2, -0.15) is 5.26 Å². The molecule has 2 fully saturated rings. The molecule has 0 atom stereocenters. The Bertz CT molecular complexity index is 548. The summed E-state index contributed by atoms with van der Waals surface area (Å²) in [5, 5.41) is 9.76. The van der Waals surface area contributed by atoms with Gasteiger partial charge in [0.2, 0.25) is 0 Å². The van der Waals surface area contributed by atoms with E-state index < -0.39 is 0 Å². The standard InChI is InChI=1S/C14H15BrClN3O/c15-12-5-10(7-17)6-13(14(12)16)19-3-1-18(2-4-19)11-8-20-9-11/h5-6,11H,1-4,8-9H2. The van der Waals surface area contributed by atoms with Gasteiger partial charge in [-0.3, -0.25) is 4.90 Å². The molecule has 106 valence electrons. The average molecular weight is 357 g/mol. The van der Waals surface area contributed by atoms with Gasteiger partial charge >= 0.3 is 0 Å². The van der Waals surface area contributed by atoms with E-state index in [0.29, 0.717) is 16.6 Å². The highest BCUT2D eigenvalue weighted by atomic mass is 79.9. The summed E-state index contributed by atoms with van der Waals surface area (Å²) in [4.78, 5) is 4.72. The second kappa shape index (κ2) is 5.90. The van der Waals surface area contributed by atoms with Crippen LogP contribution in [-0.2, 0) is 4.74 Å². The molecule has 20 heavy (non-hydrogen) atoms. The lowest BCUT2D eigenvalue weighted by Crippen LogP contribution is -2.56.